The minimum absolute atomic E-state index is 0.0286. The second-order valence-electron chi connectivity index (χ2n) is 6.41. The molecule has 1 aromatic carbocycles. The highest BCUT2D eigenvalue weighted by Crippen LogP contribution is 2.49. The molecule has 0 spiro atoms. The summed E-state index contributed by atoms with van der Waals surface area (Å²) in [4.78, 5) is 17.5. The molecule has 2 heterocycles. The number of benzene rings is 1. The zero-order valence-electron chi connectivity index (χ0n) is 14.5. The molecule has 1 unspecified atom stereocenters. The van der Waals surface area contributed by atoms with Gasteiger partial charge in [0.1, 0.15) is 14.9 Å². The van der Waals surface area contributed by atoms with Gasteiger partial charge in [0, 0.05) is 23.1 Å². The van der Waals surface area contributed by atoms with Crippen LogP contribution in [-0.4, -0.2) is 37.3 Å². The zero-order chi connectivity index (χ0) is 20.7. The molecular formula is C18H14Cl2F3IN2O2. The fraction of sp³-hybridized carbons (Fsp3) is 0.333. The highest BCUT2D eigenvalue weighted by atomic mass is 127. The van der Waals surface area contributed by atoms with E-state index in [0.29, 0.717) is 9.52 Å². The van der Waals surface area contributed by atoms with Crippen molar-refractivity contribution in [3.63, 3.8) is 0 Å². The van der Waals surface area contributed by atoms with Crippen LogP contribution in [0.3, 0.4) is 0 Å². The predicted octanol–water partition coefficient (Wildman–Crippen LogP) is 5.49. The van der Waals surface area contributed by atoms with Crippen LogP contribution in [0.15, 0.2) is 30.3 Å². The Morgan fingerprint density at radius 2 is 1.89 bits per heavy atom. The van der Waals surface area contributed by atoms with Crippen LogP contribution in [0.1, 0.15) is 22.3 Å². The van der Waals surface area contributed by atoms with Gasteiger partial charge >= 0.3 is 12.1 Å². The molecule has 10 heteroatoms. The van der Waals surface area contributed by atoms with Crippen LogP contribution in [0.4, 0.5) is 19.0 Å². The van der Waals surface area contributed by atoms with Gasteiger partial charge in [-0.15, -0.1) is 0 Å². The van der Waals surface area contributed by atoms with Crippen molar-refractivity contribution in [2.24, 2.45) is 0 Å². The number of carbonyl (C=O) groups excluding carboxylic acids is 1. The first-order valence-electron chi connectivity index (χ1n) is 8.10. The summed E-state index contributed by atoms with van der Waals surface area (Å²) in [6.07, 6.45) is -4.67. The van der Waals surface area contributed by atoms with Crippen LogP contribution in [0.2, 0.25) is 10.0 Å². The van der Waals surface area contributed by atoms with Crippen molar-refractivity contribution in [1.82, 2.24) is 4.98 Å². The first-order valence-corrected chi connectivity index (χ1v) is 9.94. The summed E-state index contributed by atoms with van der Waals surface area (Å²) in [6, 6.07) is 7.04. The number of halogens is 6. The number of ether oxygens (including phenoxy) is 1. The standard InChI is InChI=1S/C18H14Cl2F3IN2O2/c1-28-16(27)13-2-3-14(25-15(13)24)26-5-4-17(9-26,18(21,22)23)10-6-11(19)8-12(20)7-10/h2-3,6-8H,4-5,9H2,1H3. The molecule has 1 fully saturated rings. The lowest BCUT2D eigenvalue weighted by Gasteiger charge is -2.32. The highest BCUT2D eigenvalue weighted by Gasteiger charge is 2.59. The molecule has 0 bridgehead atoms. The van der Waals surface area contributed by atoms with Crippen molar-refractivity contribution in [3.05, 3.63) is 55.2 Å². The molecule has 0 saturated carbocycles. The lowest BCUT2D eigenvalue weighted by Crippen LogP contribution is -2.45. The van der Waals surface area contributed by atoms with Crippen molar-refractivity contribution in [1.29, 1.82) is 0 Å². The molecule has 3 rings (SSSR count). The average Bonchev–Trinajstić information content (AvgIpc) is 3.07. The van der Waals surface area contributed by atoms with Gasteiger partial charge in [0.2, 0.25) is 0 Å². The summed E-state index contributed by atoms with van der Waals surface area (Å²) in [5.74, 6) is -0.195. The highest BCUT2D eigenvalue weighted by molar-refractivity contribution is 14.1. The Morgan fingerprint density at radius 1 is 1.25 bits per heavy atom. The van der Waals surface area contributed by atoms with Crippen LogP contribution < -0.4 is 4.90 Å². The molecule has 0 radical (unpaired) electrons. The summed E-state index contributed by atoms with van der Waals surface area (Å²) < 4.78 is 47.5. The maximum absolute atomic E-state index is 14.2. The van der Waals surface area contributed by atoms with Gasteiger partial charge in [-0.25, -0.2) is 9.78 Å². The molecule has 28 heavy (non-hydrogen) atoms. The van der Waals surface area contributed by atoms with E-state index in [1.165, 1.54) is 37.4 Å². The number of carbonyl (C=O) groups is 1. The molecule has 1 aliphatic heterocycles. The van der Waals surface area contributed by atoms with Crippen molar-refractivity contribution in [2.75, 3.05) is 25.1 Å². The fourth-order valence-electron chi connectivity index (χ4n) is 3.33. The molecule has 1 aromatic heterocycles. The second-order valence-corrected chi connectivity index (χ2v) is 8.30. The normalized spacial score (nSPS) is 19.8. The van der Waals surface area contributed by atoms with Gasteiger partial charge in [-0.1, -0.05) is 23.2 Å². The largest absolute Gasteiger partial charge is 0.465 e. The molecule has 0 aliphatic carbocycles. The number of hydrogen-bond donors (Lipinski definition) is 0. The third kappa shape index (κ3) is 3.91. The van der Waals surface area contributed by atoms with E-state index in [9.17, 15) is 18.0 Å². The predicted molar refractivity (Wildman–Crippen MR) is 109 cm³/mol. The maximum atomic E-state index is 14.2. The number of esters is 1. The summed E-state index contributed by atoms with van der Waals surface area (Å²) in [7, 11) is 1.25. The van der Waals surface area contributed by atoms with Crippen molar-refractivity contribution >= 4 is 57.6 Å². The lowest BCUT2D eigenvalue weighted by molar-refractivity contribution is -0.184. The topological polar surface area (TPSA) is 42.4 Å². The Labute approximate surface area is 183 Å². The maximum Gasteiger partial charge on any atom is 0.400 e. The summed E-state index contributed by atoms with van der Waals surface area (Å²) in [5.41, 5.74) is -1.83. The average molecular weight is 545 g/mol. The second kappa shape index (κ2) is 7.87. The van der Waals surface area contributed by atoms with Gasteiger partial charge in [0.15, 0.2) is 0 Å². The first kappa shape index (κ1) is 21.4. The number of anilines is 1. The number of methoxy groups -OCH3 is 1. The molecule has 4 nitrogen and oxygen atoms in total. The van der Waals surface area contributed by atoms with Crippen molar-refractivity contribution in [2.45, 2.75) is 18.0 Å². The summed E-state index contributed by atoms with van der Waals surface area (Å²) >= 11 is 13.8. The molecule has 150 valence electrons. The van der Waals surface area contributed by atoms with Crippen LogP contribution >= 0.6 is 45.8 Å². The van der Waals surface area contributed by atoms with E-state index >= 15 is 0 Å². The van der Waals surface area contributed by atoms with E-state index in [-0.39, 0.29) is 40.7 Å². The smallest absolute Gasteiger partial charge is 0.400 e. The summed E-state index contributed by atoms with van der Waals surface area (Å²) in [5, 5.41) is 0.305. The Morgan fingerprint density at radius 3 is 2.43 bits per heavy atom. The Kier molecular flexibility index (Phi) is 6.03. The van der Waals surface area contributed by atoms with Crippen LogP contribution in [0.5, 0.6) is 0 Å². The Bertz CT molecular complexity index is 906. The van der Waals surface area contributed by atoms with Gasteiger partial charge in [-0.2, -0.15) is 13.2 Å². The van der Waals surface area contributed by atoms with E-state index < -0.39 is 17.6 Å². The zero-order valence-corrected chi connectivity index (χ0v) is 18.2. The van der Waals surface area contributed by atoms with Crippen LogP contribution in [0.25, 0.3) is 0 Å². The third-order valence-corrected chi connectivity index (χ3v) is 6.05. The first-order chi connectivity index (χ1) is 13.1. The number of alkyl halides is 3. The molecule has 1 aliphatic rings. The molecule has 0 amide bonds. The van der Waals surface area contributed by atoms with Gasteiger partial charge in [0.25, 0.3) is 0 Å². The number of hydrogen-bond acceptors (Lipinski definition) is 4. The van der Waals surface area contributed by atoms with Crippen LogP contribution in [0, 0.1) is 3.70 Å². The van der Waals surface area contributed by atoms with Crippen molar-refractivity contribution in [3.8, 4) is 0 Å². The summed E-state index contributed by atoms with van der Waals surface area (Å²) in [6.45, 7) is -0.182. The van der Waals surface area contributed by atoms with E-state index in [0.717, 1.165) is 0 Å². The number of rotatable bonds is 3. The molecule has 2 aromatic rings. The molecule has 0 N–H and O–H groups in total. The number of aromatic nitrogens is 1. The Balaban J connectivity index is 1.98. The minimum Gasteiger partial charge on any atom is -0.465 e. The van der Waals surface area contributed by atoms with Gasteiger partial charge in [-0.05, 0) is 64.9 Å². The fourth-order valence-corrected chi connectivity index (χ4v) is 4.50. The number of nitrogens with zero attached hydrogens (tertiary/aromatic N) is 2. The SMILES string of the molecule is COC(=O)c1ccc(N2CCC(c3cc(Cl)cc(Cl)c3)(C(F)(F)F)C2)nc1I. The monoisotopic (exact) mass is 544 g/mol. The lowest BCUT2D eigenvalue weighted by atomic mass is 9.79. The van der Waals surface area contributed by atoms with E-state index in [1.807, 2.05) is 22.6 Å². The minimum atomic E-state index is -4.51. The van der Waals surface area contributed by atoms with E-state index in [4.69, 9.17) is 23.2 Å². The van der Waals surface area contributed by atoms with Crippen molar-refractivity contribution < 1.29 is 22.7 Å². The third-order valence-electron chi connectivity index (χ3n) is 4.79. The molecule has 1 saturated heterocycles. The quantitative estimate of drug-likeness (QED) is 0.291. The van der Waals surface area contributed by atoms with Gasteiger partial charge < -0.3 is 9.64 Å². The number of pyridine rings is 1. The van der Waals surface area contributed by atoms with E-state index in [2.05, 4.69) is 9.72 Å². The van der Waals surface area contributed by atoms with Crippen LogP contribution in [-0.2, 0) is 10.2 Å². The molecular weight excluding hydrogens is 531 g/mol. The van der Waals surface area contributed by atoms with Gasteiger partial charge in [-0.3, -0.25) is 0 Å². The Hall–Kier alpha value is -1.26. The van der Waals surface area contributed by atoms with E-state index in [1.54, 1.807) is 4.90 Å². The van der Waals surface area contributed by atoms with Gasteiger partial charge in [0.05, 0.1) is 12.7 Å². The molecule has 1 atom stereocenters.